The fourth-order valence-corrected chi connectivity index (χ4v) is 3.67. The fraction of sp³-hybridized carbons (Fsp3) is 0.231. The van der Waals surface area contributed by atoms with E-state index in [1.165, 1.54) is 6.08 Å². The van der Waals surface area contributed by atoms with Gasteiger partial charge in [-0.1, -0.05) is 6.08 Å². The Labute approximate surface area is 210 Å². The van der Waals surface area contributed by atoms with Crippen molar-refractivity contribution in [2.45, 2.75) is 0 Å². The summed E-state index contributed by atoms with van der Waals surface area (Å²) in [7, 11) is 9.29. The summed E-state index contributed by atoms with van der Waals surface area (Å²) in [5, 5.41) is 7.22. The molecule has 10 nitrogen and oxygen atoms in total. The first-order valence-electron chi connectivity index (χ1n) is 11.4. The smallest absolute Gasteiger partial charge is 0.248 e. The van der Waals surface area contributed by atoms with Gasteiger partial charge < -0.3 is 25.2 Å². The maximum absolute atomic E-state index is 12.6. The monoisotopic (exact) mass is 486 g/mol. The van der Waals surface area contributed by atoms with Gasteiger partial charge >= 0.3 is 0 Å². The van der Waals surface area contributed by atoms with Crippen LogP contribution in [0.2, 0.25) is 0 Å². The highest BCUT2D eigenvalue weighted by atomic mass is 16.5. The van der Waals surface area contributed by atoms with Crippen LogP contribution in [-0.4, -0.2) is 72.2 Å². The van der Waals surface area contributed by atoms with E-state index in [1.807, 2.05) is 91.2 Å². The summed E-state index contributed by atoms with van der Waals surface area (Å²) in [6, 6.07) is 11.4. The highest BCUT2D eigenvalue weighted by Gasteiger charge is 2.15. The third-order valence-electron chi connectivity index (χ3n) is 5.38. The van der Waals surface area contributed by atoms with E-state index in [9.17, 15) is 4.79 Å². The zero-order valence-electron chi connectivity index (χ0n) is 21.1. The number of rotatable bonds is 9. The highest BCUT2D eigenvalue weighted by Crippen LogP contribution is 2.37. The summed E-state index contributed by atoms with van der Waals surface area (Å²) in [4.78, 5) is 30.0. The van der Waals surface area contributed by atoms with Crippen molar-refractivity contribution in [1.82, 2.24) is 24.4 Å². The first kappa shape index (κ1) is 24.7. The number of methoxy groups -OCH3 is 1. The number of amides is 1. The molecule has 0 saturated heterocycles. The van der Waals surface area contributed by atoms with Gasteiger partial charge in [0.1, 0.15) is 17.2 Å². The maximum Gasteiger partial charge on any atom is 0.248 e. The largest absolute Gasteiger partial charge is 0.494 e. The summed E-state index contributed by atoms with van der Waals surface area (Å²) >= 11 is 0. The molecule has 0 atom stereocenters. The van der Waals surface area contributed by atoms with E-state index in [0.717, 1.165) is 16.7 Å². The second-order valence-corrected chi connectivity index (χ2v) is 8.58. The maximum atomic E-state index is 12.6. The number of ether oxygens (including phenoxy) is 1. The molecule has 0 radical (unpaired) electrons. The molecule has 0 aliphatic carbocycles. The van der Waals surface area contributed by atoms with Crippen molar-refractivity contribution >= 4 is 40.0 Å². The van der Waals surface area contributed by atoms with Crippen molar-refractivity contribution in [3.05, 3.63) is 67.1 Å². The molecule has 36 heavy (non-hydrogen) atoms. The molecule has 3 heterocycles. The molecule has 0 saturated carbocycles. The van der Waals surface area contributed by atoms with Crippen LogP contribution in [0.1, 0.15) is 0 Å². The Morgan fingerprint density at radius 1 is 1.08 bits per heavy atom. The second kappa shape index (κ2) is 10.9. The van der Waals surface area contributed by atoms with Crippen LogP contribution in [-0.2, 0) is 4.79 Å². The number of pyridine rings is 1. The summed E-state index contributed by atoms with van der Waals surface area (Å²) in [6.07, 6.45) is 8.69. The van der Waals surface area contributed by atoms with Crippen molar-refractivity contribution in [2.24, 2.45) is 0 Å². The van der Waals surface area contributed by atoms with Crippen LogP contribution in [0.15, 0.2) is 67.1 Å². The Kier molecular flexibility index (Phi) is 7.45. The zero-order valence-corrected chi connectivity index (χ0v) is 21.1. The molecule has 0 aliphatic heterocycles. The molecule has 1 aromatic carbocycles. The Bertz CT molecular complexity index is 1390. The van der Waals surface area contributed by atoms with E-state index < -0.39 is 0 Å². The number of fused-ring (bicyclic) bond motifs is 1. The van der Waals surface area contributed by atoms with Crippen LogP contribution in [0.4, 0.5) is 23.0 Å². The molecule has 10 heteroatoms. The molecule has 3 aromatic heterocycles. The highest BCUT2D eigenvalue weighted by molar-refractivity contribution is 6.02. The standard InChI is InChI=1S/C26H30N8O2/c1-32(2)14-7-9-24(35)29-19-16-20(22(36-5)17-21(19)33(3)4)30-26-28-13-10-23(31-26)34-15-11-18-8-6-12-27-25(18)34/h6-13,15-17H,14H2,1-5H3,(H,29,35)(H,28,30,31)/b9-7+. The normalized spacial score (nSPS) is 11.3. The van der Waals surface area contributed by atoms with Crippen LogP contribution in [0.3, 0.4) is 0 Å². The van der Waals surface area contributed by atoms with Crippen LogP contribution in [0.25, 0.3) is 16.9 Å². The van der Waals surface area contributed by atoms with Crippen molar-refractivity contribution in [2.75, 3.05) is 57.4 Å². The molecule has 1 amide bonds. The lowest BCUT2D eigenvalue weighted by Crippen LogP contribution is -2.16. The van der Waals surface area contributed by atoms with Gasteiger partial charge in [0.15, 0.2) is 0 Å². The Morgan fingerprint density at radius 3 is 2.67 bits per heavy atom. The molecule has 4 rings (SSSR count). The number of nitrogens with one attached hydrogen (secondary N) is 2. The molecule has 2 N–H and O–H groups in total. The van der Waals surface area contributed by atoms with Gasteiger partial charge in [-0.3, -0.25) is 9.36 Å². The van der Waals surface area contributed by atoms with Gasteiger partial charge in [0.05, 0.1) is 24.2 Å². The predicted molar refractivity (Wildman–Crippen MR) is 144 cm³/mol. The number of nitrogens with zero attached hydrogens (tertiary/aromatic N) is 6. The van der Waals surface area contributed by atoms with Crippen molar-refractivity contribution in [1.29, 1.82) is 0 Å². The Balaban J connectivity index is 1.65. The molecule has 0 aliphatic rings. The minimum absolute atomic E-state index is 0.221. The molecular weight excluding hydrogens is 456 g/mol. The van der Waals surface area contributed by atoms with E-state index >= 15 is 0 Å². The van der Waals surface area contributed by atoms with Gasteiger partial charge in [0.2, 0.25) is 11.9 Å². The topological polar surface area (TPSA) is 100 Å². The summed E-state index contributed by atoms with van der Waals surface area (Å²) in [6.45, 7) is 0.670. The number of benzene rings is 1. The van der Waals surface area contributed by atoms with Crippen molar-refractivity contribution in [3.8, 4) is 11.6 Å². The van der Waals surface area contributed by atoms with Crippen LogP contribution in [0, 0.1) is 0 Å². The third-order valence-corrected chi connectivity index (χ3v) is 5.38. The number of aromatic nitrogens is 4. The van der Waals surface area contributed by atoms with Crippen molar-refractivity contribution in [3.63, 3.8) is 0 Å². The van der Waals surface area contributed by atoms with E-state index in [0.29, 0.717) is 35.4 Å². The van der Waals surface area contributed by atoms with Gasteiger partial charge in [0.25, 0.3) is 0 Å². The summed E-state index contributed by atoms with van der Waals surface area (Å²) in [5.74, 6) is 1.41. The average molecular weight is 487 g/mol. The Hall–Kier alpha value is -4.44. The van der Waals surface area contributed by atoms with Crippen LogP contribution >= 0.6 is 0 Å². The third kappa shape index (κ3) is 5.61. The van der Waals surface area contributed by atoms with E-state index in [2.05, 4.69) is 25.6 Å². The van der Waals surface area contributed by atoms with E-state index in [1.54, 1.807) is 19.5 Å². The first-order valence-corrected chi connectivity index (χ1v) is 11.4. The lowest BCUT2D eigenvalue weighted by molar-refractivity contribution is -0.111. The zero-order chi connectivity index (χ0) is 25.7. The second-order valence-electron chi connectivity index (χ2n) is 8.58. The number of hydrogen-bond acceptors (Lipinski definition) is 8. The number of likely N-dealkylation sites (N-methyl/N-ethyl adjacent to an activating group) is 1. The lowest BCUT2D eigenvalue weighted by Gasteiger charge is -2.21. The molecule has 4 aromatic rings. The average Bonchev–Trinajstić information content (AvgIpc) is 3.28. The summed E-state index contributed by atoms with van der Waals surface area (Å²) < 4.78 is 7.53. The Morgan fingerprint density at radius 2 is 1.92 bits per heavy atom. The SMILES string of the molecule is COc1cc(N(C)C)c(NC(=O)/C=C/CN(C)C)cc1Nc1nccc(-n2ccc3cccnc32)n1. The number of carbonyl (C=O) groups excluding carboxylic acids is 1. The summed E-state index contributed by atoms with van der Waals surface area (Å²) in [5.41, 5.74) is 2.84. The van der Waals surface area contributed by atoms with Crippen molar-refractivity contribution < 1.29 is 9.53 Å². The van der Waals surface area contributed by atoms with Gasteiger partial charge in [-0.15, -0.1) is 0 Å². The van der Waals surface area contributed by atoms with E-state index in [4.69, 9.17) is 4.74 Å². The predicted octanol–water partition coefficient (Wildman–Crippen LogP) is 3.69. The molecule has 0 bridgehead atoms. The van der Waals surface area contributed by atoms with Crippen LogP contribution < -0.4 is 20.3 Å². The minimum Gasteiger partial charge on any atom is -0.494 e. The number of hydrogen-bond donors (Lipinski definition) is 2. The number of carbonyl (C=O) groups is 1. The lowest BCUT2D eigenvalue weighted by atomic mass is 10.2. The minimum atomic E-state index is -0.221. The molecule has 0 unspecified atom stereocenters. The molecule has 186 valence electrons. The van der Waals surface area contributed by atoms with E-state index in [-0.39, 0.29) is 5.91 Å². The fourth-order valence-electron chi connectivity index (χ4n) is 3.67. The van der Waals surface area contributed by atoms with Crippen LogP contribution in [0.5, 0.6) is 5.75 Å². The number of anilines is 4. The molecule has 0 fully saturated rings. The van der Waals surface area contributed by atoms with Gasteiger partial charge in [-0.2, -0.15) is 4.98 Å². The van der Waals surface area contributed by atoms with Gasteiger partial charge in [0, 0.05) is 56.8 Å². The quantitative estimate of drug-likeness (QED) is 0.346. The first-order chi connectivity index (χ1) is 17.4. The molecule has 0 spiro atoms. The molecular formula is C26H30N8O2. The van der Waals surface area contributed by atoms with Gasteiger partial charge in [-0.25, -0.2) is 9.97 Å². The van der Waals surface area contributed by atoms with Gasteiger partial charge in [-0.05, 0) is 44.4 Å².